The van der Waals surface area contributed by atoms with Crippen molar-refractivity contribution in [1.82, 2.24) is 4.90 Å². The van der Waals surface area contributed by atoms with Gasteiger partial charge in [0.1, 0.15) is 0 Å². The summed E-state index contributed by atoms with van der Waals surface area (Å²) in [4.78, 5) is 37.5. The normalized spacial score (nSPS) is 13.6. The molecule has 1 aliphatic heterocycles. The van der Waals surface area contributed by atoms with Crippen molar-refractivity contribution in [3.05, 3.63) is 63.2 Å². The number of nitro groups is 1. The van der Waals surface area contributed by atoms with E-state index < -0.39 is 16.9 Å². The number of carbonyl (C=O) groups excluding carboxylic acids is 2. The Labute approximate surface area is 173 Å². The van der Waals surface area contributed by atoms with Crippen molar-refractivity contribution in [2.24, 2.45) is 0 Å². The first-order valence-electron chi connectivity index (χ1n) is 9.36. The van der Waals surface area contributed by atoms with Crippen LogP contribution < -0.4 is 9.47 Å². The molecule has 0 fully saturated rings. The van der Waals surface area contributed by atoms with Crippen molar-refractivity contribution >= 4 is 17.6 Å². The molecule has 1 atom stereocenters. The molecule has 1 heterocycles. The molecule has 0 saturated heterocycles. The second kappa shape index (κ2) is 8.81. The van der Waals surface area contributed by atoms with Gasteiger partial charge in [-0.25, -0.2) is 0 Å². The average Bonchev–Trinajstić information content (AvgIpc) is 3.08. The van der Waals surface area contributed by atoms with Gasteiger partial charge in [-0.15, -0.1) is 0 Å². The largest absolute Gasteiger partial charge is 0.493 e. The number of hydrogen-bond acceptors (Lipinski definition) is 7. The van der Waals surface area contributed by atoms with Crippen molar-refractivity contribution in [1.29, 1.82) is 0 Å². The van der Waals surface area contributed by atoms with Crippen LogP contribution in [-0.2, 0) is 16.1 Å². The number of carbonyl (C=O) groups is 2. The molecule has 0 aliphatic carbocycles. The highest BCUT2D eigenvalue weighted by Gasteiger charge is 2.38. The van der Waals surface area contributed by atoms with Gasteiger partial charge in [-0.05, 0) is 30.7 Å². The molecular weight excluding hydrogens is 392 g/mol. The number of nitrogens with zero attached hydrogens (tertiary/aromatic N) is 2. The van der Waals surface area contributed by atoms with Crippen LogP contribution in [0.25, 0.3) is 0 Å². The average molecular weight is 414 g/mol. The first kappa shape index (κ1) is 21.1. The molecule has 158 valence electrons. The molecule has 2 aromatic rings. The summed E-state index contributed by atoms with van der Waals surface area (Å²) < 4.78 is 15.7. The Morgan fingerprint density at radius 2 is 2.00 bits per heavy atom. The summed E-state index contributed by atoms with van der Waals surface area (Å²) in [7, 11) is 2.79. The van der Waals surface area contributed by atoms with E-state index in [9.17, 15) is 19.7 Å². The van der Waals surface area contributed by atoms with Gasteiger partial charge in [0.2, 0.25) is 0 Å². The maximum atomic E-state index is 13.1. The topological polar surface area (TPSA) is 108 Å². The van der Waals surface area contributed by atoms with E-state index in [1.165, 1.54) is 31.3 Å². The van der Waals surface area contributed by atoms with Crippen LogP contribution in [0.4, 0.5) is 5.69 Å². The predicted molar refractivity (Wildman–Crippen MR) is 107 cm³/mol. The van der Waals surface area contributed by atoms with Gasteiger partial charge in [-0.2, -0.15) is 0 Å². The molecule has 1 unspecified atom stereocenters. The molecular formula is C21H22N2O7. The SMILES string of the molecule is CCOc1cc(C(CC(=O)OC)N2Cc3c(cccc3[N+](=O)[O-])C2=O)ccc1OC. The highest BCUT2D eigenvalue weighted by molar-refractivity contribution is 6.00. The van der Waals surface area contributed by atoms with E-state index in [-0.39, 0.29) is 30.1 Å². The molecule has 9 nitrogen and oxygen atoms in total. The van der Waals surface area contributed by atoms with Gasteiger partial charge in [0, 0.05) is 6.07 Å². The summed E-state index contributed by atoms with van der Waals surface area (Å²) in [5, 5.41) is 11.4. The van der Waals surface area contributed by atoms with E-state index >= 15 is 0 Å². The number of fused-ring (bicyclic) bond motifs is 1. The molecule has 2 aromatic carbocycles. The molecule has 3 rings (SSSR count). The lowest BCUT2D eigenvalue weighted by Gasteiger charge is -2.28. The van der Waals surface area contributed by atoms with Crippen molar-refractivity contribution < 1.29 is 28.7 Å². The van der Waals surface area contributed by atoms with Crippen LogP contribution in [-0.4, -0.2) is 42.5 Å². The first-order chi connectivity index (χ1) is 14.4. The molecule has 0 N–H and O–H groups in total. The smallest absolute Gasteiger partial charge is 0.307 e. The Morgan fingerprint density at radius 3 is 2.63 bits per heavy atom. The van der Waals surface area contributed by atoms with Crippen LogP contribution in [0.1, 0.15) is 40.9 Å². The Hall–Kier alpha value is -3.62. The van der Waals surface area contributed by atoms with Crippen LogP contribution in [0.3, 0.4) is 0 Å². The monoisotopic (exact) mass is 414 g/mol. The summed E-state index contributed by atoms with van der Waals surface area (Å²) in [6, 6.07) is 8.85. The Bertz CT molecular complexity index is 989. The van der Waals surface area contributed by atoms with Crippen LogP contribution >= 0.6 is 0 Å². The third kappa shape index (κ3) is 3.91. The summed E-state index contributed by atoms with van der Waals surface area (Å²) in [6.07, 6.45) is -0.109. The van der Waals surface area contributed by atoms with Gasteiger partial charge >= 0.3 is 5.97 Å². The Kier molecular flexibility index (Phi) is 6.20. The molecule has 0 spiro atoms. The zero-order valence-electron chi connectivity index (χ0n) is 16.9. The third-order valence-electron chi connectivity index (χ3n) is 5.00. The zero-order chi connectivity index (χ0) is 21.8. The number of hydrogen-bond donors (Lipinski definition) is 0. The molecule has 9 heteroatoms. The minimum absolute atomic E-state index is 0.0168. The van der Waals surface area contributed by atoms with Crippen molar-refractivity contribution in [3.63, 3.8) is 0 Å². The fraction of sp³-hybridized carbons (Fsp3) is 0.333. The fourth-order valence-electron chi connectivity index (χ4n) is 3.58. The van der Waals surface area contributed by atoms with E-state index in [1.807, 2.05) is 6.92 Å². The Balaban J connectivity index is 2.04. The maximum Gasteiger partial charge on any atom is 0.307 e. The lowest BCUT2D eigenvalue weighted by atomic mass is 10.0. The second-order valence-corrected chi connectivity index (χ2v) is 6.63. The first-order valence-corrected chi connectivity index (χ1v) is 9.36. The summed E-state index contributed by atoms with van der Waals surface area (Å²) in [5.74, 6) is 0.106. The fourth-order valence-corrected chi connectivity index (χ4v) is 3.58. The van der Waals surface area contributed by atoms with Crippen molar-refractivity contribution in [2.45, 2.75) is 25.9 Å². The van der Waals surface area contributed by atoms with Crippen molar-refractivity contribution in [3.8, 4) is 11.5 Å². The predicted octanol–water partition coefficient (Wildman–Crippen LogP) is 3.26. The third-order valence-corrected chi connectivity index (χ3v) is 5.00. The van der Waals surface area contributed by atoms with E-state index in [1.54, 1.807) is 24.3 Å². The zero-order valence-corrected chi connectivity index (χ0v) is 16.9. The Morgan fingerprint density at radius 1 is 1.23 bits per heavy atom. The van der Waals surface area contributed by atoms with Crippen molar-refractivity contribution in [2.75, 3.05) is 20.8 Å². The summed E-state index contributed by atoms with van der Waals surface area (Å²) >= 11 is 0. The van der Waals surface area contributed by atoms with Gasteiger partial charge < -0.3 is 19.1 Å². The van der Waals surface area contributed by atoms with E-state index in [0.29, 0.717) is 29.2 Å². The lowest BCUT2D eigenvalue weighted by Crippen LogP contribution is -2.31. The van der Waals surface area contributed by atoms with Crippen LogP contribution in [0.15, 0.2) is 36.4 Å². The molecule has 0 radical (unpaired) electrons. The minimum atomic E-state index is -0.693. The molecule has 30 heavy (non-hydrogen) atoms. The highest BCUT2D eigenvalue weighted by atomic mass is 16.6. The lowest BCUT2D eigenvalue weighted by molar-refractivity contribution is -0.385. The standard InChI is InChI=1S/C21H22N2O7/c1-4-30-19-10-13(8-9-18(19)28-2)17(11-20(24)29-3)22-12-15-14(21(22)25)6-5-7-16(15)23(26)27/h5-10,17H,4,11-12H2,1-3H3. The minimum Gasteiger partial charge on any atom is -0.493 e. The molecule has 0 bridgehead atoms. The van der Waals surface area contributed by atoms with Gasteiger partial charge in [0.05, 0.1) is 55.9 Å². The van der Waals surface area contributed by atoms with Gasteiger partial charge in [0.25, 0.3) is 11.6 Å². The van der Waals surface area contributed by atoms with Gasteiger partial charge in [0.15, 0.2) is 11.5 Å². The number of methoxy groups -OCH3 is 2. The van der Waals surface area contributed by atoms with E-state index in [4.69, 9.17) is 14.2 Å². The van der Waals surface area contributed by atoms with Crippen LogP contribution in [0, 0.1) is 10.1 Å². The van der Waals surface area contributed by atoms with Gasteiger partial charge in [-0.3, -0.25) is 19.7 Å². The number of rotatable bonds is 8. The molecule has 0 aromatic heterocycles. The van der Waals surface area contributed by atoms with E-state index in [2.05, 4.69) is 0 Å². The number of benzene rings is 2. The summed E-state index contributed by atoms with van der Waals surface area (Å²) in [6.45, 7) is 2.25. The van der Waals surface area contributed by atoms with Crippen LogP contribution in [0.5, 0.6) is 11.5 Å². The second-order valence-electron chi connectivity index (χ2n) is 6.63. The quantitative estimate of drug-likeness (QED) is 0.370. The van der Waals surface area contributed by atoms with E-state index in [0.717, 1.165) is 0 Å². The molecule has 0 saturated carbocycles. The number of nitro benzene ring substituents is 1. The summed E-state index contributed by atoms with van der Waals surface area (Å²) in [5.41, 5.74) is 1.11. The molecule has 1 aliphatic rings. The number of amides is 1. The molecule has 1 amide bonds. The maximum absolute atomic E-state index is 13.1. The number of ether oxygens (including phenoxy) is 3. The van der Waals surface area contributed by atoms with Gasteiger partial charge in [-0.1, -0.05) is 12.1 Å². The van der Waals surface area contributed by atoms with Crippen LogP contribution in [0.2, 0.25) is 0 Å². The number of esters is 1. The highest BCUT2D eigenvalue weighted by Crippen LogP contribution is 2.39.